The van der Waals surface area contributed by atoms with Crippen molar-refractivity contribution in [2.75, 3.05) is 39.5 Å². The van der Waals surface area contributed by atoms with Gasteiger partial charge < -0.3 is 9.47 Å². The SMILES string of the molecule is O=C(C=Cc1ccn(S(=O)(=O)c2ccc(-c3ccc(OCCN4CCOCC4)cc3)cc2)c1)NO. The first-order chi connectivity index (χ1) is 17.0. The number of ether oxygens (including phenoxy) is 2. The van der Waals surface area contributed by atoms with Gasteiger partial charge in [-0.25, -0.2) is 17.9 Å². The van der Waals surface area contributed by atoms with Crippen LogP contribution in [-0.4, -0.2) is 67.9 Å². The topological polar surface area (TPSA) is 110 Å². The molecule has 4 rings (SSSR count). The number of nitrogens with zero attached hydrogens (tertiary/aromatic N) is 2. The minimum atomic E-state index is -3.79. The number of rotatable bonds is 9. The molecule has 1 aliphatic heterocycles. The number of carbonyl (C=O) groups is 1. The molecule has 3 aromatic rings. The molecule has 35 heavy (non-hydrogen) atoms. The first-order valence-corrected chi connectivity index (χ1v) is 12.6. The van der Waals surface area contributed by atoms with Gasteiger partial charge in [-0.2, -0.15) is 0 Å². The normalized spacial score (nSPS) is 14.8. The molecular formula is C25H27N3O6S. The molecular weight excluding hydrogens is 470 g/mol. The standard InChI is InChI=1S/C25H27N3O6S/c29-25(26-30)10-1-20-11-12-28(19-20)35(31,32)24-8-4-22(5-9-24)21-2-6-23(7-3-21)34-18-15-27-13-16-33-17-14-27/h1-12,19,30H,13-18H2,(H,26,29). The van der Waals surface area contributed by atoms with E-state index in [9.17, 15) is 13.2 Å². The average Bonchev–Trinajstić information content (AvgIpc) is 3.38. The van der Waals surface area contributed by atoms with Gasteiger partial charge in [0.15, 0.2) is 0 Å². The van der Waals surface area contributed by atoms with Crippen molar-refractivity contribution in [3.05, 3.63) is 78.6 Å². The van der Waals surface area contributed by atoms with E-state index in [2.05, 4.69) is 4.90 Å². The van der Waals surface area contributed by atoms with Crippen LogP contribution in [0.15, 0.2) is 78.0 Å². The van der Waals surface area contributed by atoms with Crippen LogP contribution in [0.25, 0.3) is 17.2 Å². The highest BCUT2D eigenvalue weighted by atomic mass is 32.2. The van der Waals surface area contributed by atoms with Crippen molar-refractivity contribution in [2.24, 2.45) is 0 Å². The zero-order chi connectivity index (χ0) is 24.7. The zero-order valence-electron chi connectivity index (χ0n) is 19.0. The van der Waals surface area contributed by atoms with Gasteiger partial charge >= 0.3 is 0 Å². The Hall–Kier alpha value is -3.44. The van der Waals surface area contributed by atoms with Gasteiger partial charge in [-0.3, -0.25) is 14.9 Å². The third-order valence-corrected chi connectivity index (χ3v) is 7.27. The number of amides is 1. The molecule has 184 valence electrons. The number of hydrogen-bond acceptors (Lipinski definition) is 7. The lowest BCUT2D eigenvalue weighted by Gasteiger charge is -2.26. The van der Waals surface area contributed by atoms with Crippen molar-refractivity contribution in [1.82, 2.24) is 14.4 Å². The number of aromatic nitrogens is 1. The molecule has 0 saturated carbocycles. The molecule has 0 radical (unpaired) electrons. The third-order valence-electron chi connectivity index (χ3n) is 5.62. The number of carbonyl (C=O) groups excluding carboxylic acids is 1. The molecule has 0 aliphatic carbocycles. The summed E-state index contributed by atoms with van der Waals surface area (Å²) in [5, 5.41) is 8.53. The van der Waals surface area contributed by atoms with Crippen LogP contribution in [0, 0.1) is 0 Å². The lowest BCUT2D eigenvalue weighted by atomic mass is 10.1. The van der Waals surface area contributed by atoms with E-state index in [1.165, 1.54) is 23.9 Å². The molecule has 0 bridgehead atoms. The molecule has 1 aromatic heterocycles. The van der Waals surface area contributed by atoms with Gasteiger partial charge in [0.1, 0.15) is 12.4 Å². The summed E-state index contributed by atoms with van der Waals surface area (Å²) in [6.07, 6.45) is 5.29. The van der Waals surface area contributed by atoms with Crippen molar-refractivity contribution in [3.63, 3.8) is 0 Å². The number of hydrogen-bond donors (Lipinski definition) is 2. The summed E-state index contributed by atoms with van der Waals surface area (Å²) in [6, 6.07) is 15.9. The van der Waals surface area contributed by atoms with Crippen LogP contribution < -0.4 is 10.2 Å². The van der Waals surface area contributed by atoms with Crippen molar-refractivity contribution in [1.29, 1.82) is 0 Å². The van der Waals surface area contributed by atoms with E-state index in [0.717, 1.165) is 59.8 Å². The first-order valence-electron chi connectivity index (χ1n) is 11.1. The van der Waals surface area contributed by atoms with Crippen LogP contribution in [0.3, 0.4) is 0 Å². The summed E-state index contributed by atoms with van der Waals surface area (Å²) in [5.74, 6) is 0.0823. The highest BCUT2D eigenvalue weighted by molar-refractivity contribution is 7.90. The maximum Gasteiger partial charge on any atom is 0.267 e. The maximum atomic E-state index is 12.9. The molecule has 2 N–H and O–H groups in total. The van der Waals surface area contributed by atoms with E-state index in [1.807, 2.05) is 24.3 Å². The summed E-state index contributed by atoms with van der Waals surface area (Å²) in [5.41, 5.74) is 3.81. The molecule has 0 unspecified atom stereocenters. The third kappa shape index (κ3) is 6.37. The van der Waals surface area contributed by atoms with Crippen LogP contribution in [0.4, 0.5) is 0 Å². The zero-order valence-corrected chi connectivity index (χ0v) is 19.9. The summed E-state index contributed by atoms with van der Waals surface area (Å²) < 4.78 is 38.2. The Bertz CT molecular complexity index is 1260. The quantitative estimate of drug-likeness (QED) is 0.266. The fourth-order valence-electron chi connectivity index (χ4n) is 3.65. The van der Waals surface area contributed by atoms with E-state index in [-0.39, 0.29) is 4.90 Å². The number of morpholine rings is 1. The van der Waals surface area contributed by atoms with Crippen molar-refractivity contribution < 1.29 is 27.9 Å². The minimum Gasteiger partial charge on any atom is -0.492 e. The lowest BCUT2D eigenvalue weighted by molar-refractivity contribution is -0.124. The molecule has 1 aliphatic rings. The van der Waals surface area contributed by atoms with E-state index >= 15 is 0 Å². The maximum absolute atomic E-state index is 12.9. The Morgan fingerprint density at radius 3 is 2.34 bits per heavy atom. The predicted molar refractivity (Wildman–Crippen MR) is 131 cm³/mol. The fraction of sp³-hybridized carbons (Fsp3) is 0.240. The van der Waals surface area contributed by atoms with Crippen molar-refractivity contribution >= 4 is 22.0 Å². The van der Waals surface area contributed by atoms with E-state index in [0.29, 0.717) is 12.2 Å². The Morgan fingerprint density at radius 1 is 1.03 bits per heavy atom. The second-order valence-corrected chi connectivity index (χ2v) is 9.78. The first kappa shape index (κ1) is 24.7. The van der Waals surface area contributed by atoms with Crippen molar-refractivity contribution in [2.45, 2.75) is 4.90 Å². The predicted octanol–water partition coefficient (Wildman–Crippen LogP) is 2.62. The molecule has 0 atom stereocenters. The van der Waals surface area contributed by atoms with Gasteiger partial charge in [0.05, 0.1) is 18.1 Å². The summed E-state index contributed by atoms with van der Waals surface area (Å²) >= 11 is 0. The Kier molecular flexibility index (Phi) is 7.98. The second-order valence-electron chi connectivity index (χ2n) is 7.94. The monoisotopic (exact) mass is 497 g/mol. The van der Waals surface area contributed by atoms with Gasteiger partial charge in [-0.1, -0.05) is 24.3 Å². The minimum absolute atomic E-state index is 0.142. The fourth-order valence-corrected chi connectivity index (χ4v) is 4.86. The van der Waals surface area contributed by atoms with Gasteiger partial charge in [0.2, 0.25) is 0 Å². The largest absolute Gasteiger partial charge is 0.492 e. The van der Waals surface area contributed by atoms with Crippen LogP contribution >= 0.6 is 0 Å². The lowest BCUT2D eigenvalue weighted by Crippen LogP contribution is -2.38. The van der Waals surface area contributed by atoms with Crippen LogP contribution in [0.5, 0.6) is 5.75 Å². The van der Waals surface area contributed by atoms with Gasteiger partial charge in [-0.05, 0) is 53.1 Å². The Balaban J connectivity index is 1.37. The molecule has 2 aromatic carbocycles. The van der Waals surface area contributed by atoms with Gasteiger partial charge in [0.25, 0.3) is 15.9 Å². The smallest absolute Gasteiger partial charge is 0.267 e. The second kappa shape index (κ2) is 11.3. The van der Waals surface area contributed by atoms with Crippen LogP contribution in [-0.2, 0) is 19.6 Å². The molecule has 0 spiro atoms. The van der Waals surface area contributed by atoms with E-state index < -0.39 is 15.9 Å². The molecule has 10 heteroatoms. The van der Waals surface area contributed by atoms with E-state index in [1.54, 1.807) is 30.3 Å². The molecule has 9 nitrogen and oxygen atoms in total. The summed E-state index contributed by atoms with van der Waals surface area (Å²) in [7, 11) is -3.79. The average molecular weight is 498 g/mol. The highest BCUT2D eigenvalue weighted by Gasteiger charge is 2.16. The summed E-state index contributed by atoms with van der Waals surface area (Å²) in [4.78, 5) is 13.6. The molecule has 2 heterocycles. The van der Waals surface area contributed by atoms with E-state index in [4.69, 9.17) is 14.7 Å². The highest BCUT2D eigenvalue weighted by Crippen LogP contribution is 2.25. The molecule has 1 saturated heterocycles. The Morgan fingerprint density at radius 2 is 1.69 bits per heavy atom. The Labute approximate surface area is 204 Å². The summed E-state index contributed by atoms with van der Waals surface area (Å²) in [6.45, 7) is 4.86. The van der Waals surface area contributed by atoms with Gasteiger partial charge in [-0.15, -0.1) is 0 Å². The number of benzene rings is 2. The van der Waals surface area contributed by atoms with Crippen molar-refractivity contribution in [3.8, 4) is 16.9 Å². The van der Waals surface area contributed by atoms with Gasteiger partial charge in [0, 0.05) is 38.1 Å². The molecule has 1 fully saturated rings. The van der Waals surface area contributed by atoms with Crippen LogP contribution in [0.2, 0.25) is 0 Å². The number of hydroxylamine groups is 1. The number of nitrogens with one attached hydrogen (secondary N) is 1. The van der Waals surface area contributed by atoms with Crippen LogP contribution in [0.1, 0.15) is 5.56 Å². The molecule has 1 amide bonds.